The largest absolute Gasteiger partial charge is 0.380 e. The van der Waals surface area contributed by atoms with Crippen molar-refractivity contribution >= 4 is 11.6 Å². The molecule has 1 aliphatic carbocycles. The van der Waals surface area contributed by atoms with Crippen molar-refractivity contribution in [1.82, 2.24) is 10.3 Å². The smallest absolute Gasteiger partial charge is 0.270 e. The van der Waals surface area contributed by atoms with E-state index < -0.39 is 0 Å². The lowest BCUT2D eigenvalue weighted by Gasteiger charge is -2.12. The number of hydrogen-bond donors (Lipinski definition) is 2. The van der Waals surface area contributed by atoms with Crippen LogP contribution in [-0.2, 0) is 6.54 Å². The fraction of sp³-hybridized carbons (Fsp3) is 0.368. The first-order valence-corrected chi connectivity index (χ1v) is 8.27. The molecule has 0 unspecified atom stereocenters. The highest BCUT2D eigenvalue weighted by Gasteiger charge is 2.18. The van der Waals surface area contributed by atoms with Crippen LogP contribution in [0.2, 0.25) is 0 Å². The Labute approximate surface area is 137 Å². The van der Waals surface area contributed by atoms with Crippen molar-refractivity contribution < 1.29 is 4.79 Å². The number of hydrogen-bond acceptors (Lipinski definition) is 3. The predicted molar refractivity (Wildman–Crippen MR) is 92.5 cm³/mol. The molecular weight excluding hydrogens is 286 g/mol. The molecule has 4 nitrogen and oxygen atoms in total. The van der Waals surface area contributed by atoms with Crippen LogP contribution in [0.3, 0.4) is 0 Å². The van der Waals surface area contributed by atoms with Crippen molar-refractivity contribution in [3.8, 4) is 0 Å². The number of carbonyl (C=O) groups excluding carboxylic acids is 1. The topological polar surface area (TPSA) is 54.0 Å². The molecular formula is C19H23N3O. The van der Waals surface area contributed by atoms with E-state index in [0.29, 0.717) is 11.7 Å². The highest BCUT2D eigenvalue weighted by atomic mass is 16.1. The summed E-state index contributed by atoms with van der Waals surface area (Å²) >= 11 is 0. The number of amides is 1. The highest BCUT2D eigenvalue weighted by Crippen LogP contribution is 2.18. The van der Waals surface area contributed by atoms with Gasteiger partial charge in [-0.2, -0.15) is 0 Å². The minimum Gasteiger partial charge on any atom is -0.380 e. The summed E-state index contributed by atoms with van der Waals surface area (Å²) in [6.07, 6.45) is 6.31. The molecule has 4 heteroatoms. The van der Waals surface area contributed by atoms with Crippen LogP contribution >= 0.6 is 0 Å². The van der Waals surface area contributed by atoms with Gasteiger partial charge in [0.25, 0.3) is 5.91 Å². The Balaban J connectivity index is 1.56. The van der Waals surface area contributed by atoms with Crippen LogP contribution in [-0.4, -0.2) is 16.9 Å². The molecule has 0 spiro atoms. The fourth-order valence-corrected chi connectivity index (χ4v) is 2.97. The molecule has 2 aromatic rings. The van der Waals surface area contributed by atoms with Gasteiger partial charge in [-0.3, -0.25) is 4.79 Å². The van der Waals surface area contributed by atoms with E-state index >= 15 is 0 Å². The monoisotopic (exact) mass is 309 g/mol. The van der Waals surface area contributed by atoms with Crippen LogP contribution in [0.5, 0.6) is 0 Å². The summed E-state index contributed by atoms with van der Waals surface area (Å²) in [5.41, 5.74) is 3.93. The molecule has 1 heterocycles. The molecule has 1 fully saturated rings. The zero-order valence-corrected chi connectivity index (χ0v) is 13.5. The summed E-state index contributed by atoms with van der Waals surface area (Å²) in [6, 6.07) is 12.3. The van der Waals surface area contributed by atoms with Gasteiger partial charge < -0.3 is 10.6 Å². The van der Waals surface area contributed by atoms with Crippen molar-refractivity contribution in [1.29, 1.82) is 0 Å². The van der Waals surface area contributed by atoms with Crippen LogP contribution in [0.1, 0.15) is 47.3 Å². The van der Waals surface area contributed by atoms with E-state index in [1.165, 1.54) is 24.0 Å². The summed E-state index contributed by atoms with van der Waals surface area (Å²) in [4.78, 5) is 16.4. The van der Waals surface area contributed by atoms with Crippen molar-refractivity contribution in [3.05, 3.63) is 59.4 Å². The van der Waals surface area contributed by atoms with Crippen LogP contribution in [0.25, 0.3) is 0 Å². The number of pyridine rings is 1. The third-order valence-electron chi connectivity index (χ3n) is 4.43. The number of benzene rings is 1. The zero-order chi connectivity index (χ0) is 16.1. The molecule has 3 rings (SSSR count). The third kappa shape index (κ3) is 4.09. The van der Waals surface area contributed by atoms with Gasteiger partial charge in [-0.05, 0) is 43.0 Å². The quantitative estimate of drug-likeness (QED) is 0.886. The van der Waals surface area contributed by atoms with E-state index in [2.05, 4.69) is 34.7 Å². The molecule has 0 aliphatic heterocycles. The number of rotatable bonds is 5. The van der Waals surface area contributed by atoms with E-state index in [1.807, 2.05) is 18.2 Å². The summed E-state index contributed by atoms with van der Waals surface area (Å²) in [5, 5.41) is 6.40. The normalized spacial score (nSPS) is 14.7. The predicted octanol–water partition coefficient (Wildman–Crippen LogP) is 3.67. The molecule has 120 valence electrons. The summed E-state index contributed by atoms with van der Waals surface area (Å²) in [6.45, 7) is 2.85. The van der Waals surface area contributed by atoms with Crippen molar-refractivity contribution in [2.45, 2.75) is 45.2 Å². The zero-order valence-electron chi connectivity index (χ0n) is 13.5. The average Bonchev–Trinajstić information content (AvgIpc) is 3.07. The van der Waals surface area contributed by atoms with Crippen LogP contribution in [0, 0.1) is 6.92 Å². The Kier molecular flexibility index (Phi) is 4.91. The van der Waals surface area contributed by atoms with E-state index in [9.17, 15) is 4.79 Å². The molecule has 1 amide bonds. The van der Waals surface area contributed by atoms with Crippen LogP contribution in [0.4, 0.5) is 5.69 Å². The Morgan fingerprint density at radius 1 is 1.17 bits per heavy atom. The Bertz CT molecular complexity index is 661. The molecule has 0 atom stereocenters. The first-order chi connectivity index (χ1) is 11.2. The summed E-state index contributed by atoms with van der Waals surface area (Å²) in [5.74, 6) is -0.0673. The summed E-state index contributed by atoms with van der Waals surface area (Å²) < 4.78 is 0. The number of anilines is 1. The van der Waals surface area contributed by atoms with Gasteiger partial charge in [0.2, 0.25) is 0 Å². The molecule has 0 radical (unpaired) electrons. The number of nitrogens with one attached hydrogen (secondary N) is 2. The van der Waals surface area contributed by atoms with Gasteiger partial charge in [-0.1, -0.05) is 37.1 Å². The Morgan fingerprint density at radius 3 is 2.65 bits per heavy atom. The average molecular weight is 309 g/mol. The van der Waals surface area contributed by atoms with Gasteiger partial charge in [0.15, 0.2) is 0 Å². The second-order valence-corrected chi connectivity index (χ2v) is 6.17. The van der Waals surface area contributed by atoms with E-state index in [-0.39, 0.29) is 5.91 Å². The van der Waals surface area contributed by atoms with Crippen LogP contribution < -0.4 is 10.6 Å². The number of nitrogens with zero attached hydrogens (tertiary/aromatic N) is 1. The first-order valence-electron chi connectivity index (χ1n) is 8.27. The van der Waals surface area contributed by atoms with E-state index in [1.54, 1.807) is 12.3 Å². The molecule has 0 saturated heterocycles. The number of aryl methyl sites for hydroxylation is 1. The minimum absolute atomic E-state index is 0.0673. The van der Waals surface area contributed by atoms with Gasteiger partial charge in [0.05, 0.1) is 11.9 Å². The molecule has 23 heavy (non-hydrogen) atoms. The maximum Gasteiger partial charge on any atom is 0.270 e. The van der Waals surface area contributed by atoms with E-state index in [4.69, 9.17) is 0 Å². The molecule has 0 bridgehead atoms. The Hall–Kier alpha value is -2.36. The molecule has 1 aromatic carbocycles. The van der Waals surface area contributed by atoms with Crippen molar-refractivity contribution in [2.75, 3.05) is 5.32 Å². The lowest BCUT2D eigenvalue weighted by molar-refractivity contribution is 0.0933. The number of carbonyl (C=O) groups is 1. The minimum atomic E-state index is -0.0673. The number of aromatic nitrogens is 1. The van der Waals surface area contributed by atoms with Crippen LogP contribution in [0.15, 0.2) is 42.6 Å². The maximum atomic E-state index is 12.1. The molecule has 1 saturated carbocycles. The van der Waals surface area contributed by atoms with Crippen molar-refractivity contribution in [3.63, 3.8) is 0 Å². The fourth-order valence-electron chi connectivity index (χ4n) is 2.97. The second kappa shape index (κ2) is 7.27. The summed E-state index contributed by atoms with van der Waals surface area (Å²) in [7, 11) is 0. The third-order valence-corrected chi connectivity index (χ3v) is 4.43. The van der Waals surface area contributed by atoms with Gasteiger partial charge >= 0.3 is 0 Å². The van der Waals surface area contributed by atoms with Crippen molar-refractivity contribution in [2.24, 2.45) is 0 Å². The highest BCUT2D eigenvalue weighted by molar-refractivity contribution is 5.92. The SMILES string of the molecule is Cc1ccccc1CNc1ccc(C(=O)NC2CCCC2)nc1. The van der Waals surface area contributed by atoms with Gasteiger partial charge in [-0.15, -0.1) is 0 Å². The van der Waals surface area contributed by atoms with Gasteiger partial charge in [0.1, 0.15) is 5.69 Å². The molecule has 2 N–H and O–H groups in total. The Morgan fingerprint density at radius 2 is 1.96 bits per heavy atom. The molecule has 1 aromatic heterocycles. The van der Waals surface area contributed by atoms with Gasteiger partial charge in [-0.25, -0.2) is 4.98 Å². The lowest BCUT2D eigenvalue weighted by Crippen LogP contribution is -2.33. The lowest BCUT2D eigenvalue weighted by atomic mass is 10.1. The maximum absolute atomic E-state index is 12.1. The van der Waals surface area contributed by atoms with Gasteiger partial charge in [0, 0.05) is 12.6 Å². The first kappa shape index (κ1) is 15.5. The molecule has 1 aliphatic rings. The second-order valence-electron chi connectivity index (χ2n) is 6.17. The van der Waals surface area contributed by atoms with E-state index in [0.717, 1.165) is 25.1 Å². The standard InChI is InChI=1S/C19H23N3O/c1-14-6-2-3-7-15(14)12-20-17-10-11-18(21-13-17)19(23)22-16-8-4-5-9-16/h2-3,6-7,10-11,13,16,20H,4-5,8-9,12H2,1H3,(H,22,23).